The molecule has 0 spiro atoms. The molecule has 6 heteroatoms. The van der Waals surface area contributed by atoms with E-state index in [0.717, 1.165) is 77.7 Å². The predicted molar refractivity (Wildman–Crippen MR) is 96.0 cm³/mol. The van der Waals surface area contributed by atoms with Gasteiger partial charge in [0.15, 0.2) is 5.96 Å². The van der Waals surface area contributed by atoms with Crippen molar-refractivity contribution in [2.24, 2.45) is 10.9 Å². The number of guanidine groups is 1. The maximum Gasteiger partial charge on any atom is 0.191 e. The Balaban J connectivity index is 2.01. The molecule has 0 atom stereocenters. The van der Waals surface area contributed by atoms with E-state index >= 15 is 0 Å². The van der Waals surface area contributed by atoms with Crippen molar-refractivity contribution < 1.29 is 9.47 Å². The topological polar surface area (TPSA) is 54.9 Å². The summed E-state index contributed by atoms with van der Waals surface area (Å²) in [6.45, 7) is 8.27. The molecule has 22 heavy (non-hydrogen) atoms. The quantitative estimate of drug-likeness (QED) is 0.345. The molecule has 0 amide bonds. The molecular weight excluding hydrogens is 298 g/mol. The molecule has 0 bridgehead atoms. The fraction of sp³-hybridized carbons (Fsp3) is 0.938. The van der Waals surface area contributed by atoms with Crippen LogP contribution in [0.2, 0.25) is 0 Å². The molecule has 2 N–H and O–H groups in total. The fourth-order valence-electron chi connectivity index (χ4n) is 2.29. The molecule has 1 fully saturated rings. The minimum Gasteiger partial charge on any atom is -0.381 e. The largest absolute Gasteiger partial charge is 0.381 e. The molecule has 0 aromatic heterocycles. The molecule has 1 saturated heterocycles. The first-order valence-corrected chi connectivity index (χ1v) is 9.92. The maximum absolute atomic E-state index is 5.77. The van der Waals surface area contributed by atoms with Crippen LogP contribution in [-0.4, -0.2) is 64.0 Å². The van der Waals surface area contributed by atoms with Crippen LogP contribution < -0.4 is 10.6 Å². The van der Waals surface area contributed by atoms with Crippen LogP contribution in [0.5, 0.6) is 0 Å². The summed E-state index contributed by atoms with van der Waals surface area (Å²) < 4.78 is 11.1. The standard InChI is InChI=1S/C16H33N3O2S/c1-3-17-16(19-9-5-13-22-2)18-8-4-10-21-14-15-6-11-20-12-7-15/h15H,3-14H2,1-2H3,(H2,17,18,19). The number of rotatable bonds is 11. The van der Waals surface area contributed by atoms with Gasteiger partial charge in [0.05, 0.1) is 0 Å². The summed E-state index contributed by atoms with van der Waals surface area (Å²) in [5.74, 6) is 2.79. The Bertz CT molecular complexity index is 285. The van der Waals surface area contributed by atoms with Crippen molar-refractivity contribution in [2.75, 3.05) is 58.1 Å². The number of nitrogens with one attached hydrogen (secondary N) is 2. The molecular formula is C16H33N3O2S. The SMILES string of the molecule is CCNC(=NCCCSC)NCCCOCC1CCOCC1. The third-order valence-corrected chi connectivity index (χ3v) is 4.27. The van der Waals surface area contributed by atoms with E-state index in [1.807, 2.05) is 11.8 Å². The van der Waals surface area contributed by atoms with Gasteiger partial charge in [0, 0.05) is 46.1 Å². The summed E-state index contributed by atoms with van der Waals surface area (Å²) in [5.41, 5.74) is 0. The molecule has 0 aliphatic carbocycles. The number of hydrogen-bond donors (Lipinski definition) is 2. The molecule has 0 radical (unpaired) electrons. The van der Waals surface area contributed by atoms with Crippen molar-refractivity contribution >= 4 is 17.7 Å². The number of aliphatic imine (C=N–C) groups is 1. The molecule has 0 unspecified atom stereocenters. The molecule has 0 aromatic carbocycles. The smallest absolute Gasteiger partial charge is 0.191 e. The van der Waals surface area contributed by atoms with E-state index in [1.54, 1.807) is 0 Å². The van der Waals surface area contributed by atoms with Crippen LogP contribution in [0.15, 0.2) is 4.99 Å². The Morgan fingerprint density at radius 3 is 2.82 bits per heavy atom. The van der Waals surface area contributed by atoms with Gasteiger partial charge in [0.25, 0.3) is 0 Å². The van der Waals surface area contributed by atoms with E-state index in [1.165, 1.54) is 5.75 Å². The van der Waals surface area contributed by atoms with Crippen molar-refractivity contribution in [1.82, 2.24) is 10.6 Å². The zero-order valence-corrected chi connectivity index (χ0v) is 15.1. The number of ether oxygens (including phenoxy) is 2. The molecule has 1 aliphatic heterocycles. The van der Waals surface area contributed by atoms with Crippen LogP contribution in [-0.2, 0) is 9.47 Å². The van der Waals surface area contributed by atoms with E-state index in [2.05, 4.69) is 28.8 Å². The first-order valence-electron chi connectivity index (χ1n) is 8.53. The van der Waals surface area contributed by atoms with Crippen LogP contribution in [0.25, 0.3) is 0 Å². The molecule has 130 valence electrons. The van der Waals surface area contributed by atoms with Crippen LogP contribution in [0.4, 0.5) is 0 Å². The number of thioether (sulfide) groups is 1. The van der Waals surface area contributed by atoms with Crippen molar-refractivity contribution in [2.45, 2.75) is 32.6 Å². The van der Waals surface area contributed by atoms with Gasteiger partial charge in [0.2, 0.25) is 0 Å². The fourth-order valence-corrected chi connectivity index (χ4v) is 2.70. The van der Waals surface area contributed by atoms with E-state index in [9.17, 15) is 0 Å². The molecule has 1 rings (SSSR count). The average Bonchev–Trinajstić information content (AvgIpc) is 2.55. The molecule has 0 aromatic rings. The lowest BCUT2D eigenvalue weighted by atomic mass is 10.0. The minimum atomic E-state index is 0.692. The number of nitrogens with zero attached hydrogens (tertiary/aromatic N) is 1. The highest BCUT2D eigenvalue weighted by Crippen LogP contribution is 2.14. The van der Waals surface area contributed by atoms with Crippen LogP contribution >= 0.6 is 11.8 Å². The van der Waals surface area contributed by atoms with Crippen LogP contribution in [0.3, 0.4) is 0 Å². The van der Waals surface area contributed by atoms with Gasteiger partial charge < -0.3 is 20.1 Å². The Hall–Kier alpha value is -0.460. The summed E-state index contributed by atoms with van der Waals surface area (Å²) in [7, 11) is 0. The van der Waals surface area contributed by atoms with Crippen molar-refractivity contribution in [3.05, 3.63) is 0 Å². The van der Waals surface area contributed by atoms with Crippen molar-refractivity contribution in [3.8, 4) is 0 Å². The second-order valence-corrected chi connectivity index (χ2v) is 6.50. The molecule has 5 nitrogen and oxygen atoms in total. The normalized spacial score (nSPS) is 16.7. The average molecular weight is 332 g/mol. The van der Waals surface area contributed by atoms with E-state index in [-0.39, 0.29) is 0 Å². The zero-order valence-electron chi connectivity index (χ0n) is 14.2. The highest BCUT2D eigenvalue weighted by Gasteiger charge is 2.13. The van der Waals surface area contributed by atoms with Gasteiger partial charge in [0.1, 0.15) is 0 Å². The van der Waals surface area contributed by atoms with E-state index in [0.29, 0.717) is 5.92 Å². The third kappa shape index (κ3) is 10.3. The van der Waals surface area contributed by atoms with Gasteiger partial charge in [-0.2, -0.15) is 11.8 Å². The first-order chi connectivity index (χ1) is 10.9. The van der Waals surface area contributed by atoms with Gasteiger partial charge in [-0.05, 0) is 50.5 Å². The summed E-state index contributed by atoms with van der Waals surface area (Å²) >= 11 is 1.87. The van der Waals surface area contributed by atoms with Crippen LogP contribution in [0.1, 0.15) is 32.6 Å². The summed E-state index contributed by atoms with van der Waals surface area (Å²) in [6.07, 6.45) is 6.56. The number of hydrogen-bond acceptors (Lipinski definition) is 4. The van der Waals surface area contributed by atoms with E-state index < -0.39 is 0 Å². The highest BCUT2D eigenvalue weighted by atomic mass is 32.2. The van der Waals surface area contributed by atoms with Gasteiger partial charge in [-0.25, -0.2) is 0 Å². The van der Waals surface area contributed by atoms with Crippen molar-refractivity contribution in [1.29, 1.82) is 0 Å². The Morgan fingerprint density at radius 2 is 2.09 bits per heavy atom. The summed E-state index contributed by atoms with van der Waals surface area (Å²) in [4.78, 5) is 4.57. The second-order valence-electron chi connectivity index (χ2n) is 5.52. The Morgan fingerprint density at radius 1 is 1.27 bits per heavy atom. The van der Waals surface area contributed by atoms with Crippen molar-refractivity contribution in [3.63, 3.8) is 0 Å². The lowest BCUT2D eigenvalue weighted by Gasteiger charge is -2.21. The first kappa shape index (κ1) is 19.6. The minimum absolute atomic E-state index is 0.692. The second kappa shape index (κ2) is 14.2. The monoisotopic (exact) mass is 331 g/mol. The van der Waals surface area contributed by atoms with Gasteiger partial charge >= 0.3 is 0 Å². The Labute approximate surface area is 140 Å². The van der Waals surface area contributed by atoms with Gasteiger partial charge in [-0.15, -0.1) is 0 Å². The van der Waals surface area contributed by atoms with Crippen LogP contribution in [0, 0.1) is 5.92 Å². The lowest BCUT2D eigenvalue weighted by Crippen LogP contribution is -2.38. The van der Waals surface area contributed by atoms with Gasteiger partial charge in [-0.3, -0.25) is 4.99 Å². The molecule has 1 heterocycles. The third-order valence-electron chi connectivity index (χ3n) is 3.57. The van der Waals surface area contributed by atoms with E-state index in [4.69, 9.17) is 9.47 Å². The molecule has 0 saturated carbocycles. The molecule has 1 aliphatic rings. The van der Waals surface area contributed by atoms with Gasteiger partial charge in [-0.1, -0.05) is 0 Å². The predicted octanol–water partition coefficient (Wildman–Crippen LogP) is 2.13. The Kier molecular flexibility index (Phi) is 12.6. The maximum atomic E-state index is 5.77. The summed E-state index contributed by atoms with van der Waals surface area (Å²) in [6, 6.07) is 0. The summed E-state index contributed by atoms with van der Waals surface area (Å²) in [5, 5.41) is 6.65. The highest BCUT2D eigenvalue weighted by molar-refractivity contribution is 7.98. The zero-order chi connectivity index (χ0) is 15.9. The lowest BCUT2D eigenvalue weighted by molar-refractivity contribution is 0.0203.